The largest absolute Gasteiger partial charge is 0.361 e. The van der Waals surface area contributed by atoms with Crippen molar-refractivity contribution in [1.29, 1.82) is 0 Å². The highest BCUT2D eigenvalue weighted by Gasteiger charge is 2.41. The van der Waals surface area contributed by atoms with Crippen LogP contribution in [-0.4, -0.2) is 13.2 Å². The Balaban J connectivity index is 2.41. The molecule has 2 N–H and O–H groups in total. The maximum Gasteiger partial charge on any atom is 0.361 e. The molecule has 0 fully saturated rings. The minimum atomic E-state index is -3.64. The average Bonchev–Trinajstić information content (AvgIpc) is 2.62. The summed E-state index contributed by atoms with van der Waals surface area (Å²) in [5, 5.41) is 0.0913. The molecule has 0 amide bonds. The number of hydrogen-bond donors (Lipinski definition) is 1. The van der Waals surface area contributed by atoms with Gasteiger partial charge in [-0.05, 0) is 31.5 Å². The Morgan fingerprint density at radius 1 is 1.04 bits per heavy atom. The van der Waals surface area contributed by atoms with Gasteiger partial charge in [0.05, 0.1) is 24.6 Å². The Kier molecular flexibility index (Phi) is 6.47. The number of rotatable bonds is 8. The Morgan fingerprint density at radius 2 is 1.64 bits per heavy atom. The summed E-state index contributed by atoms with van der Waals surface area (Å²) < 4.78 is 53.0. The van der Waals surface area contributed by atoms with Crippen molar-refractivity contribution in [3.8, 4) is 0 Å². The van der Waals surface area contributed by atoms with E-state index >= 15 is 0 Å². The highest BCUT2D eigenvalue weighted by Crippen LogP contribution is 2.48. The third-order valence-electron chi connectivity index (χ3n) is 3.69. The van der Waals surface area contributed by atoms with Gasteiger partial charge in [-0.3, -0.25) is 4.57 Å². The average molecular weight is 369 g/mol. The molecule has 1 atom stereocenters. The number of halogens is 2. The monoisotopic (exact) mass is 369 g/mol. The third kappa shape index (κ3) is 4.33. The first-order valence-corrected chi connectivity index (χ1v) is 9.58. The normalized spacial score (nSPS) is 13.6. The van der Waals surface area contributed by atoms with Gasteiger partial charge in [0.25, 0.3) is 5.92 Å². The molecule has 0 aliphatic heterocycles. The first-order chi connectivity index (χ1) is 11.8. The van der Waals surface area contributed by atoms with E-state index in [1.165, 1.54) is 18.2 Å². The summed E-state index contributed by atoms with van der Waals surface area (Å²) in [7, 11) is -3.64. The molecular weight excluding hydrogens is 347 g/mol. The first kappa shape index (κ1) is 19.7. The lowest BCUT2D eigenvalue weighted by atomic mass is 9.95. The van der Waals surface area contributed by atoms with Crippen LogP contribution in [0, 0.1) is 0 Å². The zero-order valence-electron chi connectivity index (χ0n) is 14.2. The van der Waals surface area contributed by atoms with Crippen LogP contribution in [0.3, 0.4) is 0 Å². The summed E-state index contributed by atoms with van der Waals surface area (Å²) in [5.41, 5.74) is 5.78. The molecule has 0 saturated heterocycles. The number of nitrogens with two attached hydrogens (primary N) is 1. The molecule has 0 radical (unpaired) electrons. The topological polar surface area (TPSA) is 61.5 Å². The van der Waals surface area contributed by atoms with E-state index in [9.17, 15) is 13.3 Å². The lowest BCUT2D eigenvalue weighted by Gasteiger charge is -2.25. The molecular formula is C18H22F2NO3P. The molecule has 4 nitrogen and oxygen atoms in total. The van der Waals surface area contributed by atoms with E-state index in [-0.39, 0.29) is 24.1 Å². The van der Waals surface area contributed by atoms with Crippen molar-refractivity contribution < 1.29 is 22.4 Å². The van der Waals surface area contributed by atoms with Gasteiger partial charge in [0.15, 0.2) is 0 Å². The molecule has 0 bridgehead atoms. The van der Waals surface area contributed by atoms with Crippen molar-refractivity contribution in [1.82, 2.24) is 0 Å². The molecule has 0 aromatic heterocycles. The van der Waals surface area contributed by atoms with Gasteiger partial charge in [0.1, 0.15) is 0 Å². The van der Waals surface area contributed by atoms with E-state index in [2.05, 4.69) is 0 Å². The second-order valence-electron chi connectivity index (χ2n) is 5.39. The standard InChI is InChI=1S/C18H22F2NO3P/c1-3-23-25(22,24-4-2)16-12-8-11-15(13-16)18(19,20)17(21)14-9-6-5-7-10-14/h5-13,17H,3-4,21H2,1-2H3. The van der Waals surface area contributed by atoms with Crippen molar-refractivity contribution in [3.63, 3.8) is 0 Å². The minimum Gasteiger partial charge on any atom is -0.319 e. The molecule has 0 spiro atoms. The Morgan fingerprint density at radius 3 is 2.20 bits per heavy atom. The fourth-order valence-corrected chi connectivity index (χ4v) is 4.08. The van der Waals surface area contributed by atoms with Gasteiger partial charge >= 0.3 is 7.60 Å². The zero-order chi connectivity index (χ0) is 18.5. The molecule has 0 aliphatic carbocycles. The molecule has 0 saturated carbocycles. The van der Waals surface area contributed by atoms with E-state index in [0.29, 0.717) is 5.56 Å². The van der Waals surface area contributed by atoms with E-state index < -0.39 is 19.6 Å². The van der Waals surface area contributed by atoms with Crippen LogP contribution < -0.4 is 11.0 Å². The second-order valence-corrected chi connectivity index (χ2v) is 7.42. The SMILES string of the molecule is CCOP(=O)(OCC)c1cccc(C(F)(F)C(N)c2ccccc2)c1. The maximum absolute atomic E-state index is 14.9. The fourth-order valence-electron chi connectivity index (χ4n) is 2.46. The van der Waals surface area contributed by atoms with Gasteiger partial charge in [-0.2, -0.15) is 8.78 Å². The van der Waals surface area contributed by atoms with E-state index in [1.807, 2.05) is 0 Å². The lowest BCUT2D eigenvalue weighted by molar-refractivity contribution is -0.0324. The fraction of sp³-hybridized carbons (Fsp3) is 0.333. The summed E-state index contributed by atoms with van der Waals surface area (Å²) in [5.74, 6) is -3.35. The summed E-state index contributed by atoms with van der Waals surface area (Å²) in [4.78, 5) is 0. The Bertz CT molecular complexity index is 730. The van der Waals surface area contributed by atoms with Crippen LogP contribution in [0.15, 0.2) is 54.6 Å². The van der Waals surface area contributed by atoms with Crippen molar-refractivity contribution in [3.05, 3.63) is 65.7 Å². The van der Waals surface area contributed by atoms with Gasteiger partial charge in [-0.1, -0.05) is 42.5 Å². The highest BCUT2D eigenvalue weighted by molar-refractivity contribution is 7.62. The highest BCUT2D eigenvalue weighted by atomic mass is 31.2. The van der Waals surface area contributed by atoms with Crippen LogP contribution in [-0.2, 0) is 19.5 Å². The molecule has 25 heavy (non-hydrogen) atoms. The lowest BCUT2D eigenvalue weighted by Crippen LogP contribution is -2.31. The molecule has 2 aromatic rings. The van der Waals surface area contributed by atoms with Crippen molar-refractivity contribution in [2.75, 3.05) is 13.2 Å². The predicted molar refractivity (Wildman–Crippen MR) is 94.2 cm³/mol. The van der Waals surface area contributed by atoms with Gasteiger partial charge < -0.3 is 14.8 Å². The van der Waals surface area contributed by atoms with Crippen LogP contribution in [0.1, 0.15) is 31.0 Å². The van der Waals surface area contributed by atoms with Crippen LogP contribution in [0.2, 0.25) is 0 Å². The molecule has 0 aliphatic rings. The van der Waals surface area contributed by atoms with Gasteiger partial charge in [0.2, 0.25) is 0 Å². The molecule has 0 heterocycles. The second kappa shape index (κ2) is 8.19. The predicted octanol–water partition coefficient (Wildman–Crippen LogP) is 4.37. The van der Waals surface area contributed by atoms with Crippen LogP contribution >= 0.6 is 7.60 Å². The molecule has 2 aromatic carbocycles. The first-order valence-electron chi connectivity index (χ1n) is 8.03. The van der Waals surface area contributed by atoms with E-state index in [1.54, 1.807) is 44.2 Å². The zero-order valence-corrected chi connectivity index (χ0v) is 15.1. The molecule has 136 valence electrons. The van der Waals surface area contributed by atoms with Crippen LogP contribution in [0.25, 0.3) is 0 Å². The van der Waals surface area contributed by atoms with E-state index in [0.717, 1.165) is 6.07 Å². The number of benzene rings is 2. The maximum atomic E-state index is 14.9. The van der Waals surface area contributed by atoms with Crippen molar-refractivity contribution >= 4 is 12.9 Å². The summed E-state index contributed by atoms with van der Waals surface area (Å²) in [6.45, 7) is 3.60. The molecule has 2 rings (SSSR count). The minimum absolute atomic E-state index is 0.0913. The van der Waals surface area contributed by atoms with Gasteiger partial charge in [0, 0.05) is 5.56 Å². The van der Waals surface area contributed by atoms with Crippen molar-refractivity contribution in [2.45, 2.75) is 25.8 Å². The van der Waals surface area contributed by atoms with Crippen LogP contribution in [0.4, 0.5) is 8.78 Å². The van der Waals surface area contributed by atoms with Gasteiger partial charge in [-0.15, -0.1) is 0 Å². The molecule has 7 heteroatoms. The van der Waals surface area contributed by atoms with Gasteiger partial charge in [-0.25, -0.2) is 0 Å². The number of hydrogen-bond acceptors (Lipinski definition) is 4. The van der Waals surface area contributed by atoms with Crippen molar-refractivity contribution in [2.24, 2.45) is 5.73 Å². The van der Waals surface area contributed by atoms with Crippen LogP contribution in [0.5, 0.6) is 0 Å². The summed E-state index contributed by atoms with van der Waals surface area (Å²) >= 11 is 0. The summed E-state index contributed by atoms with van der Waals surface area (Å²) in [6.07, 6.45) is 0. The Hall–Kier alpha value is -1.59. The molecule has 1 unspecified atom stereocenters. The quantitative estimate of drug-likeness (QED) is 0.702. The Labute approximate surface area is 146 Å². The smallest absolute Gasteiger partial charge is 0.319 e. The third-order valence-corrected chi connectivity index (χ3v) is 5.80. The number of alkyl halides is 2. The van der Waals surface area contributed by atoms with E-state index in [4.69, 9.17) is 14.8 Å². The summed E-state index contributed by atoms with van der Waals surface area (Å²) in [6, 6.07) is 11.9.